The summed E-state index contributed by atoms with van der Waals surface area (Å²) in [5.74, 6) is 1.85. The molecule has 0 spiro atoms. The molecule has 0 bridgehead atoms. The predicted octanol–water partition coefficient (Wildman–Crippen LogP) is 4.84. The highest BCUT2D eigenvalue weighted by Crippen LogP contribution is 2.28. The van der Waals surface area contributed by atoms with Gasteiger partial charge in [-0.1, -0.05) is 32.0 Å². The largest absolute Gasteiger partial charge is 0.493 e. The van der Waals surface area contributed by atoms with Crippen LogP contribution in [0.4, 0.5) is 0 Å². The van der Waals surface area contributed by atoms with Gasteiger partial charge in [0, 0.05) is 6.08 Å². The second kappa shape index (κ2) is 8.92. The van der Waals surface area contributed by atoms with Crippen LogP contribution in [0, 0.1) is 0 Å². The summed E-state index contributed by atoms with van der Waals surface area (Å²) >= 11 is 0. The lowest BCUT2D eigenvalue weighted by Crippen LogP contribution is -2.03. The normalized spacial score (nSPS) is 10.9. The summed E-state index contributed by atoms with van der Waals surface area (Å²) in [6, 6.07) is 13.0. The van der Waals surface area contributed by atoms with Crippen molar-refractivity contribution in [1.82, 2.24) is 0 Å². The van der Waals surface area contributed by atoms with E-state index in [4.69, 9.17) is 14.2 Å². The topological polar surface area (TPSA) is 44.8 Å². The molecule has 0 atom stereocenters. The van der Waals surface area contributed by atoms with Crippen LogP contribution in [0.5, 0.6) is 17.2 Å². The van der Waals surface area contributed by atoms with Gasteiger partial charge in [-0.05, 0) is 54.3 Å². The van der Waals surface area contributed by atoms with Crippen molar-refractivity contribution in [1.29, 1.82) is 0 Å². The molecule has 132 valence electrons. The Labute approximate surface area is 149 Å². The van der Waals surface area contributed by atoms with Crippen molar-refractivity contribution in [2.24, 2.45) is 0 Å². The van der Waals surface area contributed by atoms with Gasteiger partial charge in [-0.3, -0.25) is 0 Å². The maximum absolute atomic E-state index is 12.0. The molecule has 0 aliphatic carbocycles. The number of methoxy groups -OCH3 is 1. The molecule has 0 aliphatic rings. The Balaban J connectivity index is 2.02. The summed E-state index contributed by atoms with van der Waals surface area (Å²) < 4.78 is 16.1. The zero-order valence-electron chi connectivity index (χ0n) is 15.1. The lowest BCUT2D eigenvalue weighted by atomic mass is 10.0. The van der Waals surface area contributed by atoms with Crippen molar-refractivity contribution >= 4 is 12.0 Å². The maximum Gasteiger partial charge on any atom is 0.336 e. The Morgan fingerprint density at radius 1 is 1.08 bits per heavy atom. The van der Waals surface area contributed by atoms with Gasteiger partial charge in [0.15, 0.2) is 11.5 Å². The first-order valence-electron chi connectivity index (χ1n) is 8.34. The van der Waals surface area contributed by atoms with E-state index in [-0.39, 0.29) is 0 Å². The molecule has 0 N–H and O–H groups in total. The molecule has 0 radical (unpaired) electrons. The summed E-state index contributed by atoms with van der Waals surface area (Å²) in [6.07, 6.45) is 3.08. The zero-order chi connectivity index (χ0) is 18.2. The van der Waals surface area contributed by atoms with Crippen LogP contribution in [-0.4, -0.2) is 19.7 Å². The van der Waals surface area contributed by atoms with Crippen LogP contribution in [0.25, 0.3) is 6.08 Å². The minimum absolute atomic E-state index is 0.426. The highest BCUT2D eigenvalue weighted by atomic mass is 16.5. The summed E-state index contributed by atoms with van der Waals surface area (Å²) in [7, 11) is 1.58. The molecule has 0 fully saturated rings. The number of rotatable bonds is 7. The fourth-order valence-electron chi connectivity index (χ4n) is 2.30. The van der Waals surface area contributed by atoms with E-state index < -0.39 is 5.97 Å². The number of hydrogen-bond acceptors (Lipinski definition) is 4. The molecule has 0 aliphatic heterocycles. The number of benzene rings is 2. The van der Waals surface area contributed by atoms with Crippen molar-refractivity contribution < 1.29 is 19.0 Å². The molecule has 0 heterocycles. The highest BCUT2D eigenvalue weighted by Gasteiger charge is 2.05. The first kappa shape index (κ1) is 18.6. The molecule has 0 saturated heterocycles. The third-order valence-corrected chi connectivity index (χ3v) is 3.66. The molecular weight excluding hydrogens is 316 g/mol. The van der Waals surface area contributed by atoms with Gasteiger partial charge in [0.25, 0.3) is 0 Å². The molecule has 4 heteroatoms. The SMILES string of the molecule is CCOc1ccc(/C=C/C(=O)Oc2ccc(C(C)C)cc2)cc1OC. The van der Waals surface area contributed by atoms with Gasteiger partial charge in [-0.2, -0.15) is 0 Å². The lowest BCUT2D eigenvalue weighted by Gasteiger charge is -2.09. The van der Waals surface area contributed by atoms with Crippen molar-refractivity contribution in [2.75, 3.05) is 13.7 Å². The Hall–Kier alpha value is -2.75. The third kappa shape index (κ3) is 5.38. The second-order valence-corrected chi connectivity index (χ2v) is 5.82. The average Bonchev–Trinajstić information content (AvgIpc) is 2.61. The van der Waals surface area contributed by atoms with Crippen molar-refractivity contribution in [2.45, 2.75) is 26.7 Å². The number of carbonyl (C=O) groups is 1. The molecular formula is C21H24O4. The van der Waals surface area contributed by atoms with Gasteiger partial charge >= 0.3 is 5.97 Å². The Bertz CT molecular complexity index is 730. The number of esters is 1. The molecule has 2 rings (SSSR count). The van der Waals surface area contributed by atoms with Crippen LogP contribution in [-0.2, 0) is 4.79 Å². The van der Waals surface area contributed by atoms with E-state index in [1.807, 2.05) is 37.3 Å². The van der Waals surface area contributed by atoms with Gasteiger partial charge in [0.05, 0.1) is 13.7 Å². The summed E-state index contributed by atoms with van der Waals surface area (Å²) in [5.41, 5.74) is 2.03. The van der Waals surface area contributed by atoms with Crippen LogP contribution in [0.3, 0.4) is 0 Å². The van der Waals surface area contributed by atoms with E-state index >= 15 is 0 Å². The lowest BCUT2D eigenvalue weighted by molar-refractivity contribution is -0.128. The van der Waals surface area contributed by atoms with Crippen LogP contribution >= 0.6 is 0 Å². The van der Waals surface area contributed by atoms with E-state index in [2.05, 4.69) is 13.8 Å². The van der Waals surface area contributed by atoms with Crippen LogP contribution < -0.4 is 14.2 Å². The van der Waals surface area contributed by atoms with Crippen molar-refractivity contribution in [3.05, 3.63) is 59.7 Å². The molecule has 0 saturated carbocycles. The van der Waals surface area contributed by atoms with E-state index in [1.165, 1.54) is 11.6 Å². The maximum atomic E-state index is 12.0. The van der Waals surface area contributed by atoms with Gasteiger partial charge in [0.1, 0.15) is 5.75 Å². The fourth-order valence-corrected chi connectivity index (χ4v) is 2.30. The number of ether oxygens (including phenoxy) is 3. The number of hydrogen-bond donors (Lipinski definition) is 0. The van der Waals surface area contributed by atoms with E-state index in [9.17, 15) is 4.79 Å². The summed E-state index contributed by atoms with van der Waals surface area (Å²) in [6.45, 7) is 6.72. The molecule has 0 amide bonds. The van der Waals surface area contributed by atoms with E-state index in [1.54, 1.807) is 25.3 Å². The Kier molecular flexibility index (Phi) is 6.63. The minimum atomic E-state index is -0.426. The van der Waals surface area contributed by atoms with Gasteiger partial charge in [-0.25, -0.2) is 4.79 Å². The first-order chi connectivity index (χ1) is 12.0. The van der Waals surface area contributed by atoms with Crippen LogP contribution in [0.2, 0.25) is 0 Å². The molecule has 25 heavy (non-hydrogen) atoms. The second-order valence-electron chi connectivity index (χ2n) is 5.82. The fraction of sp³-hybridized carbons (Fsp3) is 0.286. The van der Waals surface area contributed by atoms with E-state index in [0.717, 1.165) is 5.56 Å². The standard InChI is InChI=1S/C21H24O4/c1-5-24-19-12-6-16(14-20(19)23-4)7-13-21(22)25-18-10-8-17(9-11-18)15(2)3/h6-15H,5H2,1-4H3/b13-7+. The first-order valence-corrected chi connectivity index (χ1v) is 8.34. The average molecular weight is 340 g/mol. The van der Waals surface area contributed by atoms with Crippen molar-refractivity contribution in [3.8, 4) is 17.2 Å². The summed E-state index contributed by atoms with van der Waals surface area (Å²) in [4.78, 5) is 12.0. The zero-order valence-corrected chi connectivity index (χ0v) is 15.1. The molecule has 2 aromatic rings. The van der Waals surface area contributed by atoms with E-state index in [0.29, 0.717) is 29.8 Å². The Morgan fingerprint density at radius 3 is 2.40 bits per heavy atom. The monoisotopic (exact) mass is 340 g/mol. The highest BCUT2D eigenvalue weighted by molar-refractivity contribution is 5.88. The third-order valence-electron chi connectivity index (χ3n) is 3.66. The van der Waals surface area contributed by atoms with Crippen molar-refractivity contribution in [3.63, 3.8) is 0 Å². The van der Waals surface area contributed by atoms with Gasteiger partial charge < -0.3 is 14.2 Å². The molecule has 0 unspecified atom stereocenters. The minimum Gasteiger partial charge on any atom is -0.493 e. The van der Waals surface area contributed by atoms with Crippen LogP contribution in [0.1, 0.15) is 37.8 Å². The van der Waals surface area contributed by atoms with Gasteiger partial charge in [-0.15, -0.1) is 0 Å². The summed E-state index contributed by atoms with van der Waals surface area (Å²) in [5, 5.41) is 0. The number of carbonyl (C=O) groups excluding carboxylic acids is 1. The van der Waals surface area contributed by atoms with Crippen LogP contribution in [0.15, 0.2) is 48.5 Å². The van der Waals surface area contributed by atoms with Gasteiger partial charge in [0.2, 0.25) is 0 Å². The molecule has 2 aromatic carbocycles. The molecule has 0 aromatic heterocycles. The molecule has 4 nitrogen and oxygen atoms in total. The quantitative estimate of drug-likeness (QED) is 0.411. The Morgan fingerprint density at radius 2 is 1.80 bits per heavy atom. The smallest absolute Gasteiger partial charge is 0.336 e. The predicted molar refractivity (Wildman–Crippen MR) is 99.4 cm³/mol.